The molecule has 2 fully saturated rings. The van der Waals surface area contributed by atoms with Crippen LogP contribution in [0.3, 0.4) is 0 Å². The summed E-state index contributed by atoms with van der Waals surface area (Å²) in [5, 5.41) is 2.78. The fourth-order valence-corrected chi connectivity index (χ4v) is 5.96. The molecule has 3 amide bonds. The van der Waals surface area contributed by atoms with Crippen molar-refractivity contribution in [2.45, 2.75) is 25.7 Å². The molecule has 0 unspecified atom stereocenters. The van der Waals surface area contributed by atoms with Gasteiger partial charge in [-0.05, 0) is 61.7 Å². The lowest BCUT2D eigenvalue weighted by Crippen LogP contribution is -2.50. The summed E-state index contributed by atoms with van der Waals surface area (Å²) in [6.07, 6.45) is 0. The third-order valence-electron chi connectivity index (χ3n) is 6.08. The topological polar surface area (TPSA) is 90.0 Å². The number of carbonyl (C=O) groups is 2. The molecule has 0 aliphatic carbocycles. The Hall–Kier alpha value is -2.91. The summed E-state index contributed by atoms with van der Waals surface area (Å²) in [4.78, 5) is 28.7. The second kappa shape index (κ2) is 8.55. The Kier molecular flexibility index (Phi) is 5.96. The molecule has 2 heterocycles. The molecule has 0 aromatic heterocycles. The minimum Gasteiger partial charge on any atom is -0.336 e. The van der Waals surface area contributed by atoms with E-state index in [1.54, 1.807) is 41.0 Å². The maximum absolute atomic E-state index is 13.1. The summed E-state index contributed by atoms with van der Waals surface area (Å²) in [6, 6.07) is 10.6. The van der Waals surface area contributed by atoms with Crippen molar-refractivity contribution in [1.29, 1.82) is 0 Å². The van der Waals surface area contributed by atoms with Crippen molar-refractivity contribution < 1.29 is 18.0 Å². The van der Waals surface area contributed by atoms with Gasteiger partial charge < -0.3 is 10.2 Å². The Morgan fingerprint density at radius 2 is 1.62 bits per heavy atom. The summed E-state index contributed by atoms with van der Waals surface area (Å²) < 4.78 is 27.7. The largest absolute Gasteiger partial charge is 0.336 e. The predicted molar refractivity (Wildman–Crippen MR) is 123 cm³/mol. The normalized spacial score (nSPS) is 17.5. The van der Waals surface area contributed by atoms with Gasteiger partial charge in [0, 0.05) is 50.5 Å². The SMILES string of the molecule is Cc1ccc(C)c(S(=O)(=O)N2CCN(C(=O)c3ccc(N4CCNC4=O)c(C)c3)CC2)c1. The molecule has 2 aliphatic rings. The van der Waals surface area contributed by atoms with E-state index in [9.17, 15) is 18.0 Å². The number of anilines is 1. The summed E-state index contributed by atoms with van der Waals surface area (Å²) in [5.74, 6) is -0.130. The van der Waals surface area contributed by atoms with Crippen molar-refractivity contribution in [2.75, 3.05) is 44.2 Å². The highest BCUT2D eigenvalue weighted by atomic mass is 32.2. The van der Waals surface area contributed by atoms with E-state index in [2.05, 4.69) is 5.32 Å². The Balaban J connectivity index is 1.45. The molecule has 32 heavy (non-hydrogen) atoms. The van der Waals surface area contributed by atoms with E-state index < -0.39 is 10.0 Å². The van der Waals surface area contributed by atoms with Gasteiger partial charge in [0.25, 0.3) is 5.91 Å². The van der Waals surface area contributed by atoms with Crippen LogP contribution >= 0.6 is 0 Å². The van der Waals surface area contributed by atoms with Crippen LogP contribution in [0.15, 0.2) is 41.3 Å². The number of hydrogen-bond acceptors (Lipinski definition) is 4. The average Bonchev–Trinajstić information content (AvgIpc) is 3.20. The van der Waals surface area contributed by atoms with Crippen molar-refractivity contribution in [3.63, 3.8) is 0 Å². The molecular weight excluding hydrogens is 428 g/mol. The van der Waals surface area contributed by atoms with Crippen LogP contribution in [-0.2, 0) is 10.0 Å². The van der Waals surface area contributed by atoms with Gasteiger partial charge in [0.15, 0.2) is 0 Å². The highest BCUT2D eigenvalue weighted by Gasteiger charge is 2.32. The molecule has 2 aliphatic heterocycles. The number of carbonyl (C=O) groups excluding carboxylic acids is 2. The number of sulfonamides is 1. The van der Waals surface area contributed by atoms with Crippen LogP contribution < -0.4 is 10.2 Å². The van der Waals surface area contributed by atoms with E-state index in [0.717, 1.165) is 22.4 Å². The second-order valence-electron chi connectivity index (χ2n) is 8.35. The van der Waals surface area contributed by atoms with Crippen LogP contribution in [0.4, 0.5) is 10.5 Å². The second-order valence-corrected chi connectivity index (χ2v) is 10.3. The van der Waals surface area contributed by atoms with Gasteiger partial charge >= 0.3 is 6.03 Å². The van der Waals surface area contributed by atoms with Crippen LogP contribution in [0, 0.1) is 20.8 Å². The first-order valence-electron chi connectivity index (χ1n) is 10.7. The van der Waals surface area contributed by atoms with Crippen LogP contribution in [-0.4, -0.2) is 68.8 Å². The van der Waals surface area contributed by atoms with Gasteiger partial charge in [-0.15, -0.1) is 0 Å². The third kappa shape index (κ3) is 4.10. The molecule has 2 aromatic carbocycles. The highest BCUT2D eigenvalue weighted by molar-refractivity contribution is 7.89. The van der Waals surface area contributed by atoms with Gasteiger partial charge in [0.1, 0.15) is 0 Å². The third-order valence-corrected chi connectivity index (χ3v) is 8.12. The molecule has 170 valence electrons. The summed E-state index contributed by atoms with van der Waals surface area (Å²) in [7, 11) is -3.60. The number of benzene rings is 2. The number of aryl methyl sites for hydroxylation is 3. The number of piperazine rings is 1. The number of hydrogen-bond donors (Lipinski definition) is 1. The Bertz CT molecular complexity index is 1170. The van der Waals surface area contributed by atoms with Gasteiger partial charge in [-0.3, -0.25) is 9.69 Å². The van der Waals surface area contributed by atoms with Crippen molar-refractivity contribution in [2.24, 2.45) is 0 Å². The molecule has 8 nitrogen and oxygen atoms in total. The molecule has 0 radical (unpaired) electrons. The molecular formula is C23H28N4O4S. The molecule has 0 saturated carbocycles. The molecule has 0 atom stereocenters. The quantitative estimate of drug-likeness (QED) is 0.764. The number of amides is 3. The van der Waals surface area contributed by atoms with E-state index in [0.29, 0.717) is 36.6 Å². The van der Waals surface area contributed by atoms with E-state index >= 15 is 0 Å². The first kappa shape index (κ1) is 22.3. The average molecular weight is 457 g/mol. The lowest BCUT2D eigenvalue weighted by molar-refractivity contribution is 0.0698. The van der Waals surface area contributed by atoms with Crippen molar-refractivity contribution >= 4 is 27.6 Å². The zero-order chi connectivity index (χ0) is 23.0. The fourth-order valence-electron chi connectivity index (χ4n) is 4.23. The van der Waals surface area contributed by atoms with E-state index in [-0.39, 0.29) is 25.0 Å². The minimum absolute atomic E-state index is 0.130. The Morgan fingerprint density at radius 3 is 2.25 bits per heavy atom. The lowest BCUT2D eigenvalue weighted by atomic mass is 10.1. The molecule has 2 saturated heterocycles. The van der Waals surface area contributed by atoms with Crippen LogP contribution in [0.1, 0.15) is 27.0 Å². The Labute approximate surface area is 188 Å². The van der Waals surface area contributed by atoms with Gasteiger partial charge in [-0.25, -0.2) is 13.2 Å². The molecule has 0 spiro atoms. The van der Waals surface area contributed by atoms with Crippen molar-refractivity contribution in [1.82, 2.24) is 14.5 Å². The van der Waals surface area contributed by atoms with E-state index in [1.165, 1.54) is 4.31 Å². The van der Waals surface area contributed by atoms with Crippen molar-refractivity contribution in [3.05, 3.63) is 58.7 Å². The van der Waals surface area contributed by atoms with Gasteiger partial charge in [0.05, 0.1) is 4.90 Å². The summed E-state index contributed by atoms with van der Waals surface area (Å²) >= 11 is 0. The minimum atomic E-state index is -3.60. The first-order chi connectivity index (χ1) is 15.2. The van der Waals surface area contributed by atoms with Gasteiger partial charge in [-0.1, -0.05) is 12.1 Å². The van der Waals surface area contributed by atoms with Gasteiger partial charge in [-0.2, -0.15) is 4.31 Å². The number of nitrogens with one attached hydrogen (secondary N) is 1. The summed E-state index contributed by atoms with van der Waals surface area (Å²) in [5.41, 5.74) is 3.80. The smallest absolute Gasteiger partial charge is 0.322 e. The standard InChI is InChI=1S/C23H28N4O4S/c1-16-4-5-17(2)21(14-16)32(30,31)26-12-10-25(11-13-26)22(28)19-6-7-20(18(3)15-19)27-9-8-24-23(27)29/h4-7,14-15H,8-13H2,1-3H3,(H,24,29). The van der Waals surface area contributed by atoms with Crippen LogP contribution in [0.5, 0.6) is 0 Å². The molecule has 9 heteroatoms. The zero-order valence-corrected chi connectivity index (χ0v) is 19.4. The van der Waals surface area contributed by atoms with E-state index in [1.807, 2.05) is 26.0 Å². The zero-order valence-electron chi connectivity index (χ0n) is 18.6. The highest BCUT2D eigenvalue weighted by Crippen LogP contribution is 2.25. The van der Waals surface area contributed by atoms with Gasteiger partial charge in [0.2, 0.25) is 10.0 Å². The molecule has 0 bridgehead atoms. The number of urea groups is 1. The maximum atomic E-state index is 13.1. The molecule has 2 aromatic rings. The van der Waals surface area contributed by atoms with Crippen LogP contribution in [0.25, 0.3) is 0 Å². The predicted octanol–water partition coefficient (Wildman–Crippen LogP) is 2.29. The Morgan fingerprint density at radius 1 is 0.906 bits per heavy atom. The summed E-state index contributed by atoms with van der Waals surface area (Å²) in [6.45, 7) is 7.93. The monoisotopic (exact) mass is 456 g/mol. The fraction of sp³-hybridized carbons (Fsp3) is 0.391. The first-order valence-corrected chi connectivity index (χ1v) is 12.1. The molecule has 4 rings (SSSR count). The maximum Gasteiger partial charge on any atom is 0.322 e. The van der Waals surface area contributed by atoms with E-state index in [4.69, 9.17) is 0 Å². The van der Waals surface area contributed by atoms with Crippen molar-refractivity contribution in [3.8, 4) is 0 Å². The lowest BCUT2D eigenvalue weighted by Gasteiger charge is -2.34. The van der Waals surface area contributed by atoms with Crippen LogP contribution in [0.2, 0.25) is 0 Å². The number of nitrogens with zero attached hydrogens (tertiary/aromatic N) is 3. The molecule has 1 N–H and O–H groups in total. The number of rotatable bonds is 4.